The average Bonchev–Trinajstić information content (AvgIpc) is 2.86. The molecule has 3 nitrogen and oxygen atoms in total. The number of aliphatic hydroxyl groups excluding tert-OH is 2. The van der Waals surface area contributed by atoms with Crippen LogP contribution in [0, 0.1) is 5.41 Å². The molecule has 0 unspecified atom stereocenters. The van der Waals surface area contributed by atoms with E-state index in [4.69, 9.17) is 10.2 Å². The van der Waals surface area contributed by atoms with Crippen molar-refractivity contribution in [3.63, 3.8) is 0 Å². The fourth-order valence-corrected chi connectivity index (χ4v) is 1.64. The topological polar surface area (TPSA) is 52.5 Å². The summed E-state index contributed by atoms with van der Waals surface area (Å²) in [6.45, 7) is 2.65. The third kappa shape index (κ3) is 4.07. The van der Waals surface area contributed by atoms with Crippen LogP contribution in [0.2, 0.25) is 0 Å². The molecule has 0 spiro atoms. The lowest BCUT2D eigenvalue weighted by atomic mass is 10.0. The molecule has 0 atom stereocenters. The SMILES string of the molecule is OCCCCNCC1(CCO)CC1. The Labute approximate surface area is 80.2 Å². The van der Waals surface area contributed by atoms with E-state index >= 15 is 0 Å². The second-order valence-corrected chi connectivity index (χ2v) is 4.08. The molecule has 1 fully saturated rings. The molecule has 3 N–H and O–H groups in total. The highest BCUT2D eigenvalue weighted by atomic mass is 16.3. The van der Waals surface area contributed by atoms with Crippen molar-refractivity contribution in [3.05, 3.63) is 0 Å². The monoisotopic (exact) mass is 187 g/mol. The second kappa shape index (κ2) is 5.58. The van der Waals surface area contributed by atoms with Crippen molar-refractivity contribution >= 4 is 0 Å². The summed E-state index contributed by atoms with van der Waals surface area (Å²) in [6, 6.07) is 0. The van der Waals surface area contributed by atoms with Gasteiger partial charge in [0.15, 0.2) is 0 Å². The number of rotatable bonds is 8. The van der Waals surface area contributed by atoms with Crippen LogP contribution >= 0.6 is 0 Å². The summed E-state index contributed by atoms with van der Waals surface area (Å²) in [5.74, 6) is 0. The Hall–Kier alpha value is -0.120. The van der Waals surface area contributed by atoms with Crippen LogP contribution in [0.1, 0.15) is 32.1 Å². The van der Waals surface area contributed by atoms with Gasteiger partial charge in [-0.05, 0) is 44.1 Å². The maximum atomic E-state index is 8.82. The molecule has 1 aliphatic rings. The summed E-state index contributed by atoms with van der Waals surface area (Å²) in [4.78, 5) is 0. The fraction of sp³-hybridized carbons (Fsp3) is 1.00. The van der Waals surface area contributed by atoms with Crippen LogP contribution in [0.5, 0.6) is 0 Å². The molecule has 13 heavy (non-hydrogen) atoms. The van der Waals surface area contributed by atoms with Gasteiger partial charge in [0.1, 0.15) is 0 Å². The van der Waals surface area contributed by atoms with Crippen LogP contribution in [0.4, 0.5) is 0 Å². The molecule has 0 aliphatic heterocycles. The number of hydrogen-bond donors (Lipinski definition) is 3. The van der Waals surface area contributed by atoms with E-state index in [2.05, 4.69) is 5.32 Å². The van der Waals surface area contributed by atoms with Crippen molar-refractivity contribution in [3.8, 4) is 0 Å². The minimum Gasteiger partial charge on any atom is -0.396 e. The van der Waals surface area contributed by atoms with E-state index in [0.717, 1.165) is 32.4 Å². The predicted octanol–water partition coefficient (Wildman–Crippen LogP) is 0.511. The quantitative estimate of drug-likeness (QED) is 0.485. The zero-order valence-electron chi connectivity index (χ0n) is 8.26. The Morgan fingerprint density at radius 1 is 1.08 bits per heavy atom. The molecule has 0 aromatic rings. The smallest absolute Gasteiger partial charge is 0.0436 e. The normalized spacial score (nSPS) is 18.9. The van der Waals surface area contributed by atoms with Crippen LogP contribution in [-0.2, 0) is 0 Å². The Balaban J connectivity index is 1.93. The van der Waals surface area contributed by atoms with Crippen molar-refractivity contribution < 1.29 is 10.2 Å². The molecule has 1 saturated carbocycles. The van der Waals surface area contributed by atoms with Gasteiger partial charge in [-0.2, -0.15) is 0 Å². The van der Waals surface area contributed by atoms with Gasteiger partial charge in [0.2, 0.25) is 0 Å². The maximum absolute atomic E-state index is 8.82. The first-order valence-electron chi connectivity index (χ1n) is 5.25. The lowest BCUT2D eigenvalue weighted by Crippen LogP contribution is -2.25. The number of aliphatic hydroxyl groups is 2. The second-order valence-electron chi connectivity index (χ2n) is 4.08. The van der Waals surface area contributed by atoms with Crippen molar-refractivity contribution in [2.45, 2.75) is 32.1 Å². The summed E-state index contributed by atoms with van der Waals surface area (Å²) in [5, 5.41) is 20.8. The molecule has 3 heteroatoms. The number of hydrogen-bond acceptors (Lipinski definition) is 3. The van der Waals surface area contributed by atoms with Gasteiger partial charge >= 0.3 is 0 Å². The van der Waals surface area contributed by atoms with Crippen molar-refractivity contribution in [1.29, 1.82) is 0 Å². The molecule has 0 heterocycles. The molecule has 0 saturated heterocycles. The predicted molar refractivity (Wildman–Crippen MR) is 52.6 cm³/mol. The van der Waals surface area contributed by atoms with Crippen LogP contribution in [0.15, 0.2) is 0 Å². The lowest BCUT2D eigenvalue weighted by molar-refractivity contribution is 0.244. The molecule has 1 aliphatic carbocycles. The van der Waals surface area contributed by atoms with Gasteiger partial charge in [-0.1, -0.05) is 0 Å². The van der Waals surface area contributed by atoms with E-state index in [0.29, 0.717) is 18.6 Å². The minimum atomic E-state index is 0.295. The van der Waals surface area contributed by atoms with E-state index in [1.807, 2.05) is 0 Å². The van der Waals surface area contributed by atoms with E-state index in [9.17, 15) is 0 Å². The summed E-state index contributed by atoms with van der Waals surface area (Å²) < 4.78 is 0. The van der Waals surface area contributed by atoms with Gasteiger partial charge in [0.25, 0.3) is 0 Å². The van der Waals surface area contributed by atoms with Gasteiger partial charge < -0.3 is 15.5 Å². The molecule has 0 aromatic heterocycles. The summed E-state index contributed by atoms with van der Waals surface area (Å²) >= 11 is 0. The zero-order valence-corrected chi connectivity index (χ0v) is 8.26. The van der Waals surface area contributed by atoms with E-state index < -0.39 is 0 Å². The third-order valence-corrected chi connectivity index (χ3v) is 2.86. The van der Waals surface area contributed by atoms with Crippen LogP contribution in [-0.4, -0.2) is 36.5 Å². The summed E-state index contributed by atoms with van der Waals surface area (Å²) in [7, 11) is 0. The molecule has 78 valence electrons. The third-order valence-electron chi connectivity index (χ3n) is 2.86. The highest BCUT2D eigenvalue weighted by Gasteiger charge is 2.40. The van der Waals surface area contributed by atoms with Gasteiger partial charge in [0, 0.05) is 19.8 Å². The molecule has 0 amide bonds. The first kappa shape index (κ1) is 11.0. The number of nitrogens with one attached hydrogen (secondary N) is 1. The lowest BCUT2D eigenvalue weighted by Gasteiger charge is -2.14. The molecule has 0 aromatic carbocycles. The molecular formula is C10H21NO2. The van der Waals surface area contributed by atoms with Crippen LogP contribution in [0.25, 0.3) is 0 Å². The fourth-order valence-electron chi connectivity index (χ4n) is 1.64. The van der Waals surface area contributed by atoms with E-state index in [1.165, 1.54) is 12.8 Å². The van der Waals surface area contributed by atoms with Crippen molar-refractivity contribution in [1.82, 2.24) is 5.32 Å². The Kier molecular flexibility index (Phi) is 4.70. The van der Waals surface area contributed by atoms with E-state index in [-0.39, 0.29) is 0 Å². The van der Waals surface area contributed by atoms with Crippen LogP contribution < -0.4 is 5.32 Å². The largest absolute Gasteiger partial charge is 0.396 e. The Morgan fingerprint density at radius 3 is 2.38 bits per heavy atom. The maximum Gasteiger partial charge on any atom is 0.0436 e. The van der Waals surface area contributed by atoms with Gasteiger partial charge in [-0.15, -0.1) is 0 Å². The standard InChI is InChI=1S/C10H21NO2/c12-7-2-1-6-11-9-10(3-4-10)5-8-13/h11-13H,1-9H2. The van der Waals surface area contributed by atoms with Gasteiger partial charge in [0.05, 0.1) is 0 Å². The Morgan fingerprint density at radius 2 is 1.85 bits per heavy atom. The molecule has 0 radical (unpaired) electrons. The van der Waals surface area contributed by atoms with Crippen molar-refractivity contribution in [2.75, 3.05) is 26.3 Å². The highest BCUT2D eigenvalue weighted by molar-refractivity contribution is 4.94. The first-order chi connectivity index (χ1) is 6.33. The highest BCUT2D eigenvalue weighted by Crippen LogP contribution is 2.47. The summed E-state index contributed by atoms with van der Waals surface area (Å²) in [5.41, 5.74) is 0.425. The van der Waals surface area contributed by atoms with Crippen molar-refractivity contribution in [2.24, 2.45) is 5.41 Å². The molecule has 1 rings (SSSR count). The molecular weight excluding hydrogens is 166 g/mol. The number of unbranched alkanes of at least 4 members (excludes halogenated alkanes) is 1. The average molecular weight is 187 g/mol. The van der Waals surface area contributed by atoms with Gasteiger partial charge in [-0.25, -0.2) is 0 Å². The van der Waals surface area contributed by atoms with Gasteiger partial charge in [-0.3, -0.25) is 0 Å². The Bertz CT molecular complexity index is 135. The first-order valence-corrected chi connectivity index (χ1v) is 5.25. The zero-order chi connectivity index (χ0) is 9.57. The minimum absolute atomic E-state index is 0.295. The summed E-state index contributed by atoms with van der Waals surface area (Å²) in [6.07, 6.45) is 5.41. The molecule has 0 bridgehead atoms. The van der Waals surface area contributed by atoms with Crippen LogP contribution in [0.3, 0.4) is 0 Å². The van der Waals surface area contributed by atoms with E-state index in [1.54, 1.807) is 0 Å².